The monoisotopic (exact) mass is 236 g/mol. The van der Waals surface area contributed by atoms with Crippen molar-refractivity contribution in [1.82, 2.24) is 4.90 Å². The Morgan fingerprint density at radius 2 is 1.94 bits per heavy atom. The normalized spacial score (nSPS) is 15.9. The predicted molar refractivity (Wildman–Crippen MR) is 68.8 cm³/mol. The molecule has 2 rings (SSSR count). The van der Waals surface area contributed by atoms with Gasteiger partial charge in [0, 0.05) is 30.3 Å². The van der Waals surface area contributed by atoms with E-state index < -0.39 is 0 Å². The summed E-state index contributed by atoms with van der Waals surface area (Å²) in [7, 11) is 0. The summed E-state index contributed by atoms with van der Waals surface area (Å²) >= 11 is 1.92. The first-order valence-corrected chi connectivity index (χ1v) is 6.66. The molecule has 0 bridgehead atoms. The fourth-order valence-electron chi connectivity index (χ4n) is 1.66. The van der Waals surface area contributed by atoms with Crippen molar-refractivity contribution in [3.8, 4) is 0 Å². The number of nitrogens with one attached hydrogen (secondary N) is 1. The van der Waals surface area contributed by atoms with Crippen molar-refractivity contribution in [3.05, 3.63) is 30.3 Å². The quantitative estimate of drug-likeness (QED) is 0.866. The van der Waals surface area contributed by atoms with E-state index in [1.165, 1.54) is 0 Å². The maximum Gasteiger partial charge on any atom is 0.241 e. The summed E-state index contributed by atoms with van der Waals surface area (Å²) in [5.74, 6) is 2.33. The van der Waals surface area contributed by atoms with Gasteiger partial charge in [-0.25, -0.2) is 0 Å². The highest BCUT2D eigenvalue weighted by atomic mass is 32.2. The molecule has 3 nitrogen and oxygen atoms in total. The fraction of sp³-hybridized carbons (Fsp3) is 0.417. The molecule has 1 saturated heterocycles. The zero-order chi connectivity index (χ0) is 11.2. The van der Waals surface area contributed by atoms with E-state index in [0.29, 0.717) is 6.54 Å². The molecule has 0 atom stereocenters. The Morgan fingerprint density at radius 1 is 1.25 bits per heavy atom. The van der Waals surface area contributed by atoms with Gasteiger partial charge in [0.2, 0.25) is 5.91 Å². The minimum Gasteiger partial charge on any atom is -0.376 e. The van der Waals surface area contributed by atoms with Crippen molar-refractivity contribution in [2.24, 2.45) is 0 Å². The molecule has 16 heavy (non-hydrogen) atoms. The molecule has 0 unspecified atom stereocenters. The molecule has 1 amide bonds. The van der Waals surface area contributed by atoms with Crippen LogP contribution in [0.3, 0.4) is 0 Å². The molecule has 1 heterocycles. The zero-order valence-electron chi connectivity index (χ0n) is 9.19. The first kappa shape index (κ1) is 11.3. The van der Waals surface area contributed by atoms with E-state index >= 15 is 0 Å². The van der Waals surface area contributed by atoms with Crippen molar-refractivity contribution >= 4 is 23.4 Å². The van der Waals surface area contributed by atoms with Crippen LogP contribution in [0.25, 0.3) is 0 Å². The lowest BCUT2D eigenvalue weighted by Crippen LogP contribution is -2.41. The highest BCUT2D eigenvalue weighted by Gasteiger charge is 2.15. The molecule has 1 fully saturated rings. The lowest BCUT2D eigenvalue weighted by molar-refractivity contribution is -0.128. The van der Waals surface area contributed by atoms with Crippen LogP contribution < -0.4 is 5.32 Å². The molecule has 86 valence electrons. The Hall–Kier alpha value is -1.16. The average Bonchev–Trinajstić information content (AvgIpc) is 2.38. The molecular weight excluding hydrogens is 220 g/mol. The summed E-state index contributed by atoms with van der Waals surface area (Å²) in [6.07, 6.45) is 0. The molecule has 0 spiro atoms. The smallest absolute Gasteiger partial charge is 0.241 e. The summed E-state index contributed by atoms with van der Waals surface area (Å²) < 4.78 is 0. The molecule has 1 N–H and O–H groups in total. The van der Waals surface area contributed by atoms with Crippen LogP contribution in [0, 0.1) is 0 Å². The average molecular weight is 236 g/mol. The maximum atomic E-state index is 11.8. The van der Waals surface area contributed by atoms with Crippen LogP contribution >= 0.6 is 11.8 Å². The number of nitrogens with zero attached hydrogens (tertiary/aromatic N) is 1. The largest absolute Gasteiger partial charge is 0.376 e. The molecule has 0 saturated carbocycles. The van der Waals surface area contributed by atoms with Crippen molar-refractivity contribution in [2.45, 2.75) is 0 Å². The number of hydrogen-bond donors (Lipinski definition) is 1. The minimum atomic E-state index is 0.198. The minimum absolute atomic E-state index is 0.198. The molecule has 1 aliphatic rings. The van der Waals surface area contributed by atoms with Crippen molar-refractivity contribution in [1.29, 1.82) is 0 Å². The second-order valence-corrected chi connectivity index (χ2v) is 4.94. The number of hydrogen-bond acceptors (Lipinski definition) is 3. The molecule has 0 aromatic heterocycles. The number of carbonyl (C=O) groups excluding carboxylic acids is 1. The Kier molecular flexibility index (Phi) is 4.10. The van der Waals surface area contributed by atoms with Gasteiger partial charge >= 0.3 is 0 Å². The van der Waals surface area contributed by atoms with Gasteiger partial charge in [0.15, 0.2) is 0 Å². The number of rotatable bonds is 3. The molecule has 0 radical (unpaired) electrons. The summed E-state index contributed by atoms with van der Waals surface area (Å²) in [6.45, 7) is 2.18. The van der Waals surface area contributed by atoms with Gasteiger partial charge in [-0.15, -0.1) is 0 Å². The summed E-state index contributed by atoms with van der Waals surface area (Å²) in [6, 6.07) is 9.84. The lowest BCUT2D eigenvalue weighted by atomic mass is 10.3. The number of carbonyl (C=O) groups is 1. The number of anilines is 1. The first-order chi connectivity index (χ1) is 7.86. The van der Waals surface area contributed by atoms with Crippen molar-refractivity contribution in [2.75, 3.05) is 36.5 Å². The summed E-state index contributed by atoms with van der Waals surface area (Å²) in [4.78, 5) is 13.8. The van der Waals surface area contributed by atoms with Gasteiger partial charge in [-0.05, 0) is 12.1 Å². The van der Waals surface area contributed by atoms with Gasteiger partial charge in [-0.1, -0.05) is 18.2 Å². The highest BCUT2D eigenvalue weighted by Crippen LogP contribution is 2.10. The molecule has 1 aliphatic heterocycles. The molecular formula is C12H16N2OS. The Morgan fingerprint density at radius 3 is 2.62 bits per heavy atom. The Bertz CT molecular complexity index is 336. The SMILES string of the molecule is O=C(CNc1ccccc1)N1CCSCC1. The van der Waals surface area contributed by atoms with Gasteiger partial charge < -0.3 is 10.2 Å². The van der Waals surface area contributed by atoms with Crippen LogP contribution in [0.5, 0.6) is 0 Å². The number of thioether (sulfide) groups is 1. The first-order valence-electron chi connectivity index (χ1n) is 5.51. The molecule has 1 aromatic rings. The van der Waals surface area contributed by atoms with Crippen LogP contribution in [0.2, 0.25) is 0 Å². The van der Waals surface area contributed by atoms with Crippen LogP contribution in [-0.4, -0.2) is 41.9 Å². The van der Waals surface area contributed by atoms with Crippen LogP contribution in [-0.2, 0) is 4.79 Å². The maximum absolute atomic E-state index is 11.8. The predicted octanol–water partition coefficient (Wildman–Crippen LogP) is 1.67. The highest BCUT2D eigenvalue weighted by molar-refractivity contribution is 7.99. The number of amides is 1. The summed E-state index contributed by atoms with van der Waals surface area (Å²) in [5, 5.41) is 3.14. The van der Waals surface area contributed by atoms with Crippen LogP contribution in [0.1, 0.15) is 0 Å². The topological polar surface area (TPSA) is 32.3 Å². The number of para-hydroxylation sites is 1. The molecule has 0 aliphatic carbocycles. The Labute approximate surface area is 100 Å². The third-order valence-corrected chi connectivity index (χ3v) is 3.52. The van der Waals surface area contributed by atoms with E-state index in [-0.39, 0.29) is 5.91 Å². The fourth-order valence-corrected chi connectivity index (χ4v) is 2.56. The van der Waals surface area contributed by atoms with Crippen LogP contribution in [0.4, 0.5) is 5.69 Å². The van der Waals surface area contributed by atoms with E-state index in [1.54, 1.807) is 0 Å². The van der Waals surface area contributed by atoms with E-state index in [1.807, 2.05) is 47.0 Å². The second-order valence-electron chi connectivity index (χ2n) is 3.71. The van der Waals surface area contributed by atoms with Crippen molar-refractivity contribution < 1.29 is 4.79 Å². The third kappa shape index (κ3) is 3.17. The standard InChI is InChI=1S/C12H16N2OS/c15-12(14-6-8-16-9-7-14)10-13-11-4-2-1-3-5-11/h1-5,13H,6-10H2. The van der Waals surface area contributed by atoms with Crippen molar-refractivity contribution in [3.63, 3.8) is 0 Å². The zero-order valence-corrected chi connectivity index (χ0v) is 10.0. The summed E-state index contributed by atoms with van der Waals surface area (Å²) in [5.41, 5.74) is 1.00. The lowest BCUT2D eigenvalue weighted by Gasteiger charge is -2.26. The van der Waals surface area contributed by atoms with Crippen LogP contribution in [0.15, 0.2) is 30.3 Å². The van der Waals surface area contributed by atoms with E-state index in [9.17, 15) is 4.79 Å². The van der Waals surface area contributed by atoms with E-state index in [0.717, 1.165) is 30.3 Å². The van der Waals surface area contributed by atoms with Gasteiger partial charge in [0.1, 0.15) is 0 Å². The molecule has 1 aromatic carbocycles. The van der Waals surface area contributed by atoms with Gasteiger partial charge in [-0.2, -0.15) is 11.8 Å². The molecule has 4 heteroatoms. The van der Waals surface area contributed by atoms with E-state index in [2.05, 4.69) is 5.32 Å². The number of benzene rings is 1. The van der Waals surface area contributed by atoms with E-state index in [4.69, 9.17) is 0 Å². The Balaban J connectivity index is 1.79. The van der Waals surface area contributed by atoms with Gasteiger partial charge in [0.05, 0.1) is 6.54 Å². The van der Waals surface area contributed by atoms with Gasteiger partial charge in [0.25, 0.3) is 0 Å². The van der Waals surface area contributed by atoms with Gasteiger partial charge in [-0.3, -0.25) is 4.79 Å². The third-order valence-electron chi connectivity index (χ3n) is 2.58. The second kappa shape index (κ2) is 5.80.